The maximum absolute atomic E-state index is 13.8. The van der Waals surface area contributed by atoms with E-state index in [2.05, 4.69) is 0 Å². The first-order valence-corrected chi connectivity index (χ1v) is 8.33. The Bertz CT molecular complexity index is 645. The standard InChI is InChI=1S/C14H19FN2O3S/c1-10(2)21(19,20)17-9-8-16(14(18)11(17)3)13-7-5-4-6-12(13)15/h4-7,10-11H,8-9H2,1-3H3. The Morgan fingerprint density at radius 1 is 1.24 bits per heavy atom. The zero-order valence-corrected chi connectivity index (χ0v) is 13.1. The van der Waals surface area contributed by atoms with E-state index in [-0.39, 0.29) is 18.8 Å². The maximum Gasteiger partial charge on any atom is 0.245 e. The second kappa shape index (κ2) is 5.73. The number of anilines is 1. The predicted octanol–water partition coefficient (Wildman–Crippen LogP) is 1.60. The summed E-state index contributed by atoms with van der Waals surface area (Å²) in [7, 11) is -3.51. The van der Waals surface area contributed by atoms with Crippen LogP contribution in [-0.2, 0) is 14.8 Å². The van der Waals surface area contributed by atoms with Crippen LogP contribution in [-0.4, -0.2) is 43.0 Å². The van der Waals surface area contributed by atoms with Gasteiger partial charge in [0.25, 0.3) is 0 Å². The number of hydrogen-bond donors (Lipinski definition) is 0. The number of sulfonamides is 1. The molecule has 116 valence electrons. The summed E-state index contributed by atoms with van der Waals surface area (Å²) in [6.45, 7) is 5.01. The smallest absolute Gasteiger partial charge is 0.245 e. The van der Waals surface area contributed by atoms with Crippen molar-refractivity contribution in [3.05, 3.63) is 30.1 Å². The molecule has 5 nitrogen and oxygen atoms in total. The second-order valence-corrected chi connectivity index (χ2v) is 7.76. The Balaban J connectivity index is 2.29. The first-order chi connectivity index (χ1) is 9.76. The molecule has 1 aliphatic heterocycles. The number of benzene rings is 1. The van der Waals surface area contributed by atoms with E-state index in [1.165, 1.54) is 28.3 Å². The van der Waals surface area contributed by atoms with Crippen LogP contribution in [0.2, 0.25) is 0 Å². The first kappa shape index (κ1) is 15.9. The molecule has 21 heavy (non-hydrogen) atoms. The molecule has 0 N–H and O–H groups in total. The lowest BCUT2D eigenvalue weighted by Crippen LogP contribution is -2.58. The van der Waals surface area contributed by atoms with Crippen molar-refractivity contribution in [1.29, 1.82) is 0 Å². The molecular formula is C14H19FN2O3S. The number of carbonyl (C=O) groups is 1. The fraction of sp³-hybridized carbons (Fsp3) is 0.500. The van der Waals surface area contributed by atoms with Gasteiger partial charge in [0.05, 0.1) is 10.9 Å². The van der Waals surface area contributed by atoms with E-state index in [1.54, 1.807) is 26.0 Å². The summed E-state index contributed by atoms with van der Waals surface area (Å²) in [6.07, 6.45) is 0. The van der Waals surface area contributed by atoms with Crippen molar-refractivity contribution in [1.82, 2.24) is 4.31 Å². The van der Waals surface area contributed by atoms with Gasteiger partial charge in [-0.05, 0) is 32.9 Å². The van der Waals surface area contributed by atoms with Crippen LogP contribution in [0.1, 0.15) is 20.8 Å². The summed E-state index contributed by atoms with van der Waals surface area (Å²) in [5.74, 6) is -0.895. The largest absolute Gasteiger partial charge is 0.307 e. The predicted molar refractivity (Wildman–Crippen MR) is 79.0 cm³/mol. The molecule has 0 aromatic heterocycles. The second-order valence-electron chi connectivity index (χ2n) is 5.32. The van der Waals surface area contributed by atoms with Crippen LogP contribution >= 0.6 is 0 Å². The van der Waals surface area contributed by atoms with Gasteiger partial charge in [0, 0.05) is 13.1 Å². The summed E-state index contributed by atoms with van der Waals surface area (Å²) in [5.41, 5.74) is 0.191. The number of hydrogen-bond acceptors (Lipinski definition) is 3. The number of carbonyl (C=O) groups excluding carboxylic acids is 1. The van der Waals surface area contributed by atoms with Crippen molar-refractivity contribution in [3.8, 4) is 0 Å². The number of nitrogens with zero attached hydrogens (tertiary/aromatic N) is 2. The van der Waals surface area contributed by atoms with E-state index < -0.39 is 33.0 Å². The summed E-state index contributed by atoms with van der Waals surface area (Å²) in [5, 5.41) is -0.590. The minimum Gasteiger partial charge on any atom is -0.307 e. The SMILES string of the molecule is CC1C(=O)N(c2ccccc2F)CCN1S(=O)(=O)C(C)C. The van der Waals surface area contributed by atoms with Gasteiger partial charge in [-0.3, -0.25) is 4.79 Å². The zero-order chi connectivity index (χ0) is 15.8. The Morgan fingerprint density at radius 2 is 1.86 bits per heavy atom. The molecule has 1 fully saturated rings. The molecule has 1 unspecified atom stereocenters. The highest BCUT2D eigenvalue weighted by Gasteiger charge is 2.40. The Kier molecular flexibility index (Phi) is 4.34. The van der Waals surface area contributed by atoms with Crippen LogP contribution in [0.5, 0.6) is 0 Å². The number of piperazine rings is 1. The van der Waals surface area contributed by atoms with Gasteiger partial charge in [0.15, 0.2) is 0 Å². The topological polar surface area (TPSA) is 57.7 Å². The van der Waals surface area contributed by atoms with Crippen LogP contribution < -0.4 is 4.90 Å². The van der Waals surface area contributed by atoms with Crippen LogP contribution in [0.25, 0.3) is 0 Å². The molecule has 0 saturated carbocycles. The molecule has 7 heteroatoms. The molecule has 1 heterocycles. The first-order valence-electron chi connectivity index (χ1n) is 6.83. The number of amides is 1. The van der Waals surface area contributed by atoms with E-state index >= 15 is 0 Å². The van der Waals surface area contributed by atoms with Crippen molar-refractivity contribution in [2.45, 2.75) is 32.1 Å². The van der Waals surface area contributed by atoms with Gasteiger partial charge >= 0.3 is 0 Å². The molecular weight excluding hydrogens is 295 g/mol. The molecule has 0 bridgehead atoms. The van der Waals surface area contributed by atoms with Gasteiger partial charge in [-0.1, -0.05) is 12.1 Å². The molecule has 1 aromatic rings. The van der Waals surface area contributed by atoms with Gasteiger partial charge in [0.1, 0.15) is 11.9 Å². The van der Waals surface area contributed by atoms with Crippen molar-refractivity contribution in [2.24, 2.45) is 0 Å². The van der Waals surface area contributed by atoms with Crippen LogP contribution in [0.15, 0.2) is 24.3 Å². The van der Waals surface area contributed by atoms with E-state index in [0.29, 0.717) is 0 Å². The van der Waals surface area contributed by atoms with Gasteiger partial charge in [-0.2, -0.15) is 4.31 Å². The van der Waals surface area contributed by atoms with Crippen LogP contribution in [0.3, 0.4) is 0 Å². The molecule has 0 radical (unpaired) electrons. The van der Waals surface area contributed by atoms with E-state index in [4.69, 9.17) is 0 Å². The molecule has 1 atom stereocenters. The lowest BCUT2D eigenvalue weighted by molar-refractivity contribution is -0.123. The van der Waals surface area contributed by atoms with Crippen molar-refractivity contribution >= 4 is 21.6 Å². The third-order valence-corrected chi connectivity index (χ3v) is 6.01. The monoisotopic (exact) mass is 314 g/mol. The highest BCUT2D eigenvalue weighted by molar-refractivity contribution is 7.89. The molecule has 0 aliphatic carbocycles. The van der Waals surface area contributed by atoms with Crippen molar-refractivity contribution < 1.29 is 17.6 Å². The van der Waals surface area contributed by atoms with Gasteiger partial charge in [-0.25, -0.2) is 12.8 Å². The number of rotatable bonds is 3. The molecule has 1 amide bonds. The van der Waals surface area contributed by atoms with Crippen molar-refractivity contribution in [2.75, 3.05) is 18.0 Å². The number of para-hydroxylation sites is 1. The summed E-state index contributed by atoms with van der Waals surface area (Å²) >= 11 is 0. The van der Waals surface area contributed by atoms with Gasteiger partial charge < -0.3 is 4.90 Å². The van der Waals surface area contributed by atoms with Gasteiger partial charge in [-0.15, -0.1) is 0 Å². The summed E-state index contributed by atoms with van der Waals surface area (Å²) in [4.78, 5) is 13.7. The summed E-state index contributed by atoms with van der Waals surface area (Å²) < 4.78 is 39.5. The molecule has 1 saturated heterocycles. The average Bonchev–Trinajstić information content (AvgIpc) is 2.42. The fourth-order valence-electron chi connectivity index (χ4n) is 2.38. The normalized spacial score (nSPS) is 21.1. The van der Waals surface area contributed by atoms with Gasteiger partial charge in [0.2, 0.25) is 15.9 Å². The quantitative estimate of drug-likeness (QED) is 0.851. The van der Waals surface area contributed by atoms with Crippen molar-refractivity contribution in [3.63, 3.8) is 0 Å². The lowest BCUT2D eigenvalue weighted by atomic mass is 10.2. The van der Waals surface area contributed by atoms with E-state index in [1.807, 2.05) is 0 Å². The third kappa shape index (κ3) is 2.80. The summed E-state index contributed by atoms with van der Waals surface area (Å²) in [6, 6.07) is 5.17. The lowest BCUT2D eigenvalue weighted by Gasteiger charge is -2.39. The fourth-order valence-corrected chi connectivity index (χ4v) is 3.79. The third-order valence-electron chi connectivity index (χ3n) is 3.67. The maximum atomic E-state index is 13.8. The Hall–Kier alpha value is -1.47. The minimum absolute atomic E-state index is 0.149. The van der Waals surface area contributed by atoms with E-state index in [9.17, 15) is 17.6 Å². The Labute approximate surface area is 124 Å². The Morgan fingerprint density at radius 3 is 2.43 bits per heavy atom. The molecule has 1 aromatic carbocycles. The van der Waals surface area contributed by atoms with Crippen LogP contribution in [0, 0.1) is 5.82 Å². The zero-order valence-electron chi connectivity index (χ0n) is 12.3. The molecule has 1 aliphatic rings. The number of halogens is 1. The molecule has 0 spiro atoms. The van der Waals surface area contributed by atoms with Crippen LogP contribution in [0.4, 0.5) is 10.1 Å². The average molecular weight is 314 g/mol. The highest BCUT2D eigenvalue weighted by Crippen LogP contribution is 2.25. The van der Waals surface area contributed by atoms with E-state index in [0.717, 1.165) is 0 Å². The molecule has 2 rings (SSSR count). The highest BCUT2D eigenvalue weighted by atomic mass is 32.2. The minimum atomic E-state index is -3.51.